The zero-order valence-corrected chi connectivity index (χ0v) is 14.9. The van der Waals surface area contributed by atoms with E-state index in [-0.39, 0.29) is 5.92 Å². The molecule has 1 fully saturated rings. The van der Waals surface area contributed by atoms with Crippen molar-refractivity contribution in [3.05, 3.63) is 30.4 Å². The molecule has 0 bridgehead atoms. The Kier molecular flexibility index (Phi) is 4.96. The largest absolute Gasteiger partial charge is 0.263 e. The molecule has 1 saturated heterocycles. The van der Waals surface area contributed by atoms with E-state index in [1.54, 1.807) is 22.9 Å². The number of hydrogen-bond acceptors (Lipinski definition) is 5. The van der Waals surface area contributed by atoms with Crippen LogP contribution in [0.25, 0.3) is 11.4 Å². The van der Waals surface area contributed by atoms with E-state index < -0.39 is 10.0 Å². The minimum Gasteiger partial charge on any atom is -0.263 e. The smallest absolute Gasteiger partial charge is 0.211 e. The van der Waals surface area contributed by atoms with Gasteiger partial charge >= 0.3 is 0 Å². The van der Waals surface area contributed by atoms with Gasteiger partial charge in [-0.25, -0.2) is 12.7 Å². The number of hydrogen-bond donors (Lipinski definition) is 0. The molecule has 1 aliphatic heterocycles. The molecule has 1 unspecified atom stereocenters. The van der Waals surface area contributed by atoms with Gasteiger partial charge in [-0.1, -0.05) is 6.92 Å². The van der Waals surface area contributed by atoms with Crippen molar-refractivity contribution in [3.63, 3.8) is 0 Å². The van der Waals surface area contributed by atoms with Gasteiger partial charge in [0.2, 0.25) is 10.0 Å². The Morgan fingerprint density at radius 1 is 1.25 bits per heavy atom. The second kappa shape index (κ2) is 6.98. The standard InChI is InChI=1S/C16H23N5O2S/c1-3-9-21-15(4-6-19-21)16-14(17-7-8-18-16)11-13-5-10-20(12-13)24(2,22)23/h4,6-8,13H,3,5,9-12H2,1-2H3. The molecule has 8 heteroatoms. The molecular formula is C16H23N5O2S. The van der Waals surface area contributed by atoms with Gasteiger partial charge < -0.3 is 0 Å². The Bertz CT molecular complexity index is 802. The molecule has 0 saturated carbocycles. The van der Waals surface area contributed by atoms with Gasteiger partial charge in [0.15, 0.2) is 0 Å². The van der Waals surface area contributed by atoms with Crippen LogP contribution >= 0.6 is 0 Å². The molecule has 3 rings (SSSR count). The monoisotopic (exact) mass is 349 g/mol. The van der Waals surface area contributed by atoms with E-state index in [2.05, 4.69) is 22.0 Å². The molecule has 2 aromatic heterocycles. The lowest BCUT2D eigenvalue weighted by atomic mass is 10.0. The minimum atomic E-state index is -3.11. The van der Waals surface area contributed by atoms with Crippen molar-refractivity contribution in [3.8, 4) is 11.4 Å². The maximum Gasteiger partial charge on any atom is 0.211 e. The molecule has 3 heterocycles. The van der Waals surface area contributed by atoms with E-state index in [0.29, 0.717) is 13.1 Å². The van der Waals surface area contributed by atoms with E-state index >= 15 is 0 Å². The van der Waals surface area contributed by atoms with E-state index in [1.807, 2.05) is 10.7 Å². The van der Waals surface area contributed by atoms with E-state index in [4.69, 9.17) is 0 Å². The van der Waals surface area contributed by atoms with Gasteiger partial charge in [-0.2, -0.15) is 5.10 Å². The quantitative estimate of drug-likeness (QED) is 0.791. The van der Waals surface area contributed by atoms with Gasteiger partial charge in [0.05, 0.1) is 17.6 Å². The Morgan fingerprint density at radius 2 is 2.04 bits per heavy atom. The SMILES string of the molecule is CCCn1nccc1-c1nccnc1CC1CCN(S(C)(=O)=O)C1. The van der Waals surface area contributed by atoms with Crippen LogP contribution in [0.3, 0.4) is 0 Å². The van der Waals surface area contributed by atoms with Crippen molar-refractivity contribution in [2.24, 2.45) is 5.92 Å². The average Bonchev–Trinajstić information content (AvgIpc) is 3.17. The Hall–Kier alpha value is -1.80. The summed E-state index contributed by atoms with van der Waals surface area (Å²) >= 11 is 0. The topological polar surface area (TPSA) is 81.0 Å². The third kappa shape index (κ3) is 3.64. The molecule has 0 aliphatic carbocycles. The first-order valence-corrected chi connectivity index (χ1v) is 10.1. The highest BCUT2D eigenvalue weighted by molar-refractivity contribution is 7.88. The van der Waals surface area contributed by atoms with Crippen LogP contribution in [0, 0.1) is 5.92 Å². The third-order valence-corrected chi connectivity index (χ3v) is 5.64. The Morgan fingerprint density at radius 3 is 2.75 bits per heavy atom. The molecule has 0 aromatic carbocycles. The van der Waals surface area contributed by atoms with E-state index in [0.717, 1.165) is 42.9 Å². The number of sulfonamides is 1. The number of nitrogens with zero attached hydrogens (tertiary/aromatic N) is 5. The molecule has 0 amide bonds. The first-order valence-electron chi connectivity index (χ1n) is 8.26. The molecule has 24 heavy (non-hydrogen) atoms. The van der Waals surface area contributed by atoms with Gasteiger partial charge in [-0.15, -0.1) is 0 Å². The van der Waals surface area contributed by atoms with Crippen LogP contribution in [0.4, 0.5) is 0 Å². The van der Waals surface area contributed by atoms with E-state index in [9.17, 15) is 8.42 Å². The average molecular weight is 349 g/mol. The van der Waals surface area contributed by atoms with Crippen LogP contribution in [0.2, 0.25) is 0 Å². The summed E-state index contributed by atoms with van der Waals surface area (Å²) in [7, 11) is -3.11. The highest BCUT2D eigenvalue weighted by Gasteiger charge is 2.29. The lowest BCUT2D eigenvalue weighted by Crippen LogP contribution is -2.27. The molecule has 0 N–H and O–H groups in total. The fourth-order valence-corrected chi connectivity index (χ4v) is 4.11. The first-order chi connectivity index (χ1) is 11.5. The maximum atomic E-state index is 11.7. The summed E-state index contributed by atoms with van der Waals surface area (Å²) in [6.45, 7) is 4.10. The van der Waals surface area contributed by atoms with Crippen LogP contribution < -0.4 is 0 Å². The van der Waals surface area contributed by atoms with Crippen molar-refractivity contribution in [1.29, 1.82) is 0 Å². The van der Waals surface area contributed by atoms with Crippen molar-refractivity contribution < 1.29 is 8.42 Å². The molecule has 1 atom stereocenters. The van der Waals surface area contributed by atoms with Gasteiger partial charge in [-0.3, -0.25) is 14.6 Å². The predicted molar refractivity (Wildman–Crippen MR) is 91.8 cm³/mol. The number of aromatic nitrogens is 4. The summed E-state index contributed by atoms with van der Waals surface area (Å²) < 4.78 is 26.9. The Labute approximate surface area is 142 Å². The maximum absolute atomic E-state index is 11.7. The van der Waals surface area contributed by atoms with E-state index in [1.165, 1.54) is 6.26 Å². The summed E-state index contributed by atoms with van der Waals surface area (Å²) in [4.78, 5) is 9.03. The molecule has 7 nitrogen and oxygen atoms in total. The van der Waals surface area contributed by atoms with Crippen LogP contribution in [0.15, 0.2) is 24.7 Å². The molecule has 1 aliphatic rings. The van der Waals surface area contributed by atoms with Gasteiger partial charge in [0.1, 0.15) is 5.69 Å². The molecule has 0 spiro atoms. The summed E-state index contributed by atoms with van der Waals surface area (Å²) in [6.07, 6.45) is 9.03. The highest BCUT2D eigenvalue weighted by atomic mass is 32.2. The molecular weight excluding hydrogens is 326 g/mol. The zero-order chi connectivity index (χ0) is 17.2. The van der Waals surface area contributed by atoms with Crippen LogP contribution in [0.5, 0.6) is 0 Å². The van der Waals surface area contributed by atoms with Crippen molar-refractivity contribution in [1.82, 2.24) is 24.1 Å². The lowest BCUT2D eigenvalue weighted by Gasteiger charge is -2.14. The summed E-state index contributed by atoms with van der Waals surface area (Å²) in [5, 5.41) is 4.36. The molecule has 2 aromatic rings. The minimum absolute atomic E-state index is 0.276. The second-order valence-corrected chi connectivity index (χ2v) is 8.25. The Balaban J connectivity index is 1.82. The second-order valence-electron chi connectivity index (χ2n) is 6.27. The van der Waals surface area contributed by atoms with Gasteiger partial charge in [-0.05, 0) is 31.2 Å². The van der Waals surface area contributed by atoms with Crippen molar-refractivity contribution >= 4 is 10.0 Å². The number of rotatable bonds is 6. The zero-order valence-electron chi connectivity index (χ0n) is 14.1. The molecule has 130 valence electrons. The number of aryl methyl sites for hydroxylation is 1. The van der Waals surface area contributed by atoms with Crippen LogP contribution in [0.1, 0.15) is 25.5 Å². The predicted octanol–water partition coefficient (Wildman–Crippen LogP) is 1.57. The van der Waals surface area contributed by atoms with Crippen LogP contribution in [-0.2, 0) is 23.0 Å². The fourth-order valence-electron chi connectivity index (χ4n) is 3.19. The van der Waals surface area contributed by atoms with Crippen molar-refractivity contribution in [2.45, 2.75) is 32.7 Å². The first kappa shape index (κ1) is 17.0. The third-order valence-electron chi connectivity index (χ3n) is 4.37. The van der Waals surface area contributed by atoms with Crippen molar-refractivity contribution in [2.75, 3.05) is 19.3 Å². The fraction of sp³-hybridized carbons (Fsp3) is 0.562. The van der Waals surface area contributed by atoms with Crippen LogP contribution in [-0.4, -0.2) is 51.8 Å². The summed E-state index contributed by atoms with van der Waals surface area (Å²) in [5.74, 6) is 0.276. The van der Waals surface area contributed by atoms with Gasteiger partial charge in [0, 0.05) is 38.2 Å². The molecule has 0 radical (unpaired) electrons. The summed E-state index contributed by atoms with van der Waals surface area (Å²) in [6, 6.07) is 1.96. The summed E-state index contributed by atoms with van der Waals surface area (Å²) in [5.41, 5.74) is 2.73. The van der Waals surface area contributed by atoms with Gasteiger partial charge in [0.25, 0.3) is 0 Å². The lowest BCUT2D eigenvalue weighted by molar-refractivity contribution is 0.459. The normalized spacial score (nSPS) is 19.0. The highest BCUT2D eigenvalue weighted by Crippen LogP contribution is 2.26.